The number of ether oxygens (including phenoxy) is 1. The number of thiazole rings is 1. The summed E-state index contributed by atoms with van der Waals surface area (Å²) < 4.78 is 4.88. The third-order valence-corrected chi connectivity index (χ3v) is 2.52. The lowest BCUT2D eigenvalue weighted by Gasteiger charge is -2.10. The molecular formula is C8H14ClN3O2S. The van der Waals surface area contributed by atoms with E-state index >= 15 is 0 Å². The molecule has 0 spiro atoms. The van der Waals surface area contributed by atoms with E-state index in [1.165, 1.54) is 18.4 Å². The molecule has 0 aliphatic rings. The minimum absolute atomic E-state index is 0. The highest BCUT2D eigenvalue weighted by Crippen LogP contribution is 2.14. The van der Waals surface area contributed by atoms with Gasteiger partial charge in [-0.3, -0.25) is 10.1 Å². The molecule has 0 saturated heterocycles. The summed E-state index contributed by atoms with van der Waals surface area (Å²) in [6.45, 7) is 2.02. The Hall–Kier alpha value is -0.690. The molecule has 0 fully saturated rings. The highest BCUT2D eigenvalue weighted by molar-refractivity contribution is 7.13. The van der Waals surface area contributed by atoms with E-state index < -0.39 is 6.10 Å². The summed E-state index contributed by atoms with van der Waals surface area (Å²) in [6, 6.07) is 0. The first-order valence-electron chi connectivity index (χ1n) is 4.13. The van der Waals surface area contributed by atoms with Crippen LogP contribution in [0.25, 0.3) is 0 Å². The predicted octanol–water partition coefficient (Wildman–Crippen LogP) is 0.786. The molecule has 1 heterocycles. The zero-order valence-corrected chi connectivity index (χ0v) is 10.2. The van der Waals surface area contributed by atoms with Gasteiger partial charge in [-0.05, 0) is 6.92 Å². The first kappa shape index (κ1) is 14.3. The van der Waals surface area contributed by atoms with Crippen molar-refractivity contribution < 1.29 is 9.53 Å². The minimum Gasteiger partial charge on any atom is -0.370 e. The second-order valence-electron chi connectivity index (χ2n) is 2.74. The number of nitrogens with two attached hydrogens (primary N) is 1. The number of rotatable bonds is 4. The van der Waals surface area contributed by atoms with E-state index in [0.717, 1.165) is 5.69 Å². The van der Waals surface area contributed by atoms with Gasteiger partial charge in [0.15, 0.2) is 5.13 Å². The van der Waals surface area contributed by atoms with E-state index in [2.05, 4.69) is 10.3 Å². The maximum Gasteiger partial charge on any atom is 0.256 e. The van der Waals surface area contributed by atoms with Crippen molar-refractivity contribution in [2.24, 2.45) is 5.73 Å². The van der Waals surface area contributed by atoms with Crippen molar-refractivity contribution in [3.8, 4) is 0 Å². The van der Waals surface area contributed by atoms with Gasteiger partial charge in [0.2, 0.25) is 0 Å². The standard InChI is InChI=1S/C8H13N3O2S.ClH/c1-5-4-14-8(10-5)11-7(12)6(3-9)13-2;/h4,6H,3,9H2,1-2H3,(H,10,11,12);1H. The number of hydrogen-bond acceptors (Lipinski definition) is 5. The molecule has 1 atom stereocenters. The van der Waals surface area contributed by atoms with Crippen molar-refractivity contribution in [3.05, 3.63) is 11.1 Å². The Balaban J connectivity index is 0.00000196. The van der Waals surface area contributed by atoms with Gasteiger partial charge in [-0.2, -0.15) is 0 Å². The molecule has 7 heteroatoms. The topological polar surface area (TPSA) is 77.2 Å². The van der Waals surface area contributed by atoms with Crippen molar-refractivity contribution in [3.63, 3.8) is 0 Å². The number of amides is 1. The summed E-state index contributed by atoms with van der Waals surface area (Å²) in [5.74, 6) is -0.260. The molecule has 1 rings (SSSR count). The Morgan fingerprint density at radius 1 is 1.80 bits per heavy atom. The fourth-order valence-corrected chi connectivity index (χ4v) is 1.60. The summed E-state index contributed by atoms with van der Waals surface area (Å²) in [6.07, 6.45) is -0.612. The Morgan fingerprint density at radius 2 is 2.47 bits per heavy atom. The molecule has 1 unspecified atom stereocenters. The van der Waals surface area contributed by atoms with Crippen LogP contribution in [0.1, 0.15) is 5.69 Å². The number of aryl methyl sites for hydroxylation is 1. The molecule has 0 aliphatic carbocycles. The monoisotopic (exact) mass is 251 g/mol. The molecule has 1 amide bonds. The number of hydrogen-bond donors (Lipinski definition) is 2. The number of methoxy groups -OCH3 is 1. The van der Waals surface area contributed by atoms with Crippen molar-refractivity contribution >= 4 is 34.8 Å². The van der Waals surface area contributed by atoms with Crippen LogP contribution in [0.5, 0.6) is 0 Å². The van der Waals surface area contributed by atoms with Crippen LogP contribution in [-0.4, -0.2) is 30.6 Å². The third kappa shape index (κ3) is 4.13. The zero-order chi connectivity index (χ0) is 10.6. The molecule has 0 aromatic carbocycles. The van der Waals surface area contributed by atoms with Gasteiger partial charge in [-0.15, -0.1) is 23.7 Å². The Bertz CT molecular complexity index is 315. The van der Waals surface area contributed by atoms with Crippen molar-refractivity contribution in [2.45, 2.75) is 13.0 Å². The smallest absolute Gasteiger partial charge is 0.256 e. The summed E-state index contributed by atoms with van der Waals surface area (Å²) >= 11 is 1.38. The molecule has 0 radical (unpaired) electrons. The number of aromatic nitrogens is 1. The quantitative estimate of drug-likeness (QED) is 0.829. The van der Waals surface area contributed by atoms with Crippen molar-refractivity contribution in [1.29, 1.82) is 0 Å². The van der Waals surface area contributed by atoms with Gasteiger partial charge in [0, 0.05) is 19.0 Å². The van der Waals surface area contributed by atoms with Gasteiger partial charge in [0.1, 0.15) is 6.10 Å². The normalized spacial score (nSPS) is 11.7. The SMILES string of the molecule is COC(CN)C(=O)Nc1nc(C)cs1.Cl. The van der Waals surface area contributed by atoms with Crippen LogP contribution >= 0.6 is 23.7 Å². The van der Waals surface area contributed by atoms with E-state index in [0.29, 0.717) is 5.13 Å². The predicted molar refractivity (Wildman–Crippen MR) is 62.6 cm³/mol. The Kier molecular flexibility index (Phi) is 6.42. The maximum absolute atomic E-state index is 11.4. The molecule has 0 bridgehead atoms. The average Bonchev–Trinajstić information content (AvgIpc) is 2.53. The molecular weight excluding hydrogens is 238 g/mol. The molecule has 15 heavy (non-hydrogen) atoms. The van der Waals surface area contributed by atoms with Gasteiger partial charge in [-0.1, -0.05) is 0 Å². The first-order valence-corrected chi connectivity index (χ1v) is 5.01. The van der Waals surface area contributed by atoms with Crippen LogP contribution in [0.2, 0.25) is 0 Å². The summed E-state index contributed by atoms with van der Waals surface area (Å²) in [4.78, 5) is 15.5. The second kappa shape index (κ2) is 6.73. The molecule has 0 aliphatic heterocycles. The van der Waals surface area contributed by atoms with Crippen LogP contribution in [0.15, 0.2) is 5.38 Å². The fraction of sp³-hybridized carbons (Fsp3) is 0.500. The average molecular weight is 252 g/mol. The van der Waals surface area contributed by atoms with Crippen LogP contribution in [0.3, 0.4) is 0 Å². The number of anilines is 1. The van der Waals surface area contributed by atoms with E-state index in [-0.39, 0.29) is 24.9 Å². The van der Waals surface area contributed by atoms with Crippen LogP contribution in [0, 0.1) is 6.92 Å². The largest absolute Gasteiger partial charge is 0.370 e. The van der Waals surface area contributed by atoms with E-state index in [9.17, 15) is 4.79 Å². The molecule has 0 saturated carbocycles. The Morgan fingerprint density at radius 3 is 2.87 bits per heavy atom. The number of nitrogens with zero attached hydrogens (tertiary/aromatic N) is 1. The van der Waals surface area contributed by atoms with Gasteiger partial charge < -0.3 is 10.5 Å². The summed E-state index contributed by atoms with van der Waals surface area (Å²) in [5, 5.41) is 5.06. The lowest BCUT2D eigenvalue weighted by molar-refractivity contribution is -0.125. The van der Waals surface area contributed by atoms with Crippen LogP contribution in [-0.2, 0) is 9.53 Å². The zero-order valence-electron chi connectivity index (χ0n) is 8.52. The van der Waals surface area contributed by atoms with Gasteiger partial charge in [0.25, 0.3) is 5.91 Å². The van der Waals surface area contributed by atoms with Gasteiger partial charge in [-0.25, -0.2) is 4.98 Å². The van der Waals surface area contributed by atoms with Crippen LogP contribution in [0.4, 0.5) is 5.13 Å². The molecule has 1 aromatic rings. The van der Waals surface area contributed by atoms with Gasteiger partial charge in [0.05, 0.1) is 5.69 Å². The van der Waals surface area contributed by atoms with E-state index in [1.807, 2.05) is 12.3 Å². The van der Waals surface area contributed by atoms with Crippen molar-refractivity contribution in [1.82, 2.24) is 4.98 Å². The highest BCUT2D eigenvalue weighted by atomic mass is 35.5. The minimum atomic E-state index is -0.612. The summed E-state index contributed by atoms with van der Waals surface area (Å²) in [5.41, 5.74) is 6.22. The number of carbonyl (C=O) groups is 1. The maximum atomic E-state index is 11.4. The number of carbonyl (C=O) groups excluding carboxylic acids is 1. The Labute approximate surface area is 98.4 Å². The lowest BCUT2D eigenvalue weighted by atomic mass is 10.3. The van der Waals surface area contributed by atoms with Gasteiger partial charge >= 0.3 is 0 Å². The number of nitrogens with one attached hydrogen (secondary N) is 1. The highest BCUT2D eigenvalue weighted by Gasteiger charge is 2.16. The fourth-order valence-electron chi connectivity index (χ4n) is 0.908. The van der Waals surface area contributed by atoms with Crippen molar-refractivity contribution in [2.75, 3.05) is 19.0 Å². The van der Waals surface area contributed by atoms with Crippen LogP contribution < -0.4 is 11.1 Å². The third-order valence-electron chi connectivity index (χ3n) is 1.64. The van der Waals surface area contributed by atoms with E-state index in [1.54, 1.807) is 0 Å². The second-order valence-corrected chi connectivity index (χ2v) is 3.60. The molecule has 5 nitrogen and oxygen atoms in total. The molecule has 86 valence electrons. The lowest BCUT2D eigenvalue weighted by Crippen LogP contribution is -2.35. The number of halogens is 1. The molecule has 1 aromatic heterocycles. The van der Waals surface area contributed by atoms with E-state index in [4.69, 9.17) is 10.5 Å². The first-order chi connectivity index (χ1) is 6.67. The summed E-state index contributed by atoms with van der Waals surface area (Å²) in [7, 11) is 1.45. The molecule has 3 N–H and O–H groups in total.